The summed E-state index contributed by atoms with van der Waals surface area (Å²) in [5.41, 5.74) is 1.37. The van der Waals surface area contributed by atoms with Crippen LogP contribution in [0.4, 0.5) is 4.39 Å². The summed E-state index contributed by atoms with van der Waals surface area (Å²) >= 11 is 0. The monoisotopic (exact) mass is 489 g/mol. The highest BCUT2D eigenvalue weighted by Crippen LogP contribution is 2.37. The fourth-order valence-corrected chi connectivity index (χ4v) is 2.37. The zero-order valence-corrected chi connectivity index (χ0v) is 17.9. The molecule has 0 heterocycles. The van der Waals surface area contributed by atoms with E-state index in [-0.39, 0.29) is 35.5 Å². The molecule has 0 saturated carbocycles. The first-order chi connectivity index (χ1) is 12.6. The molecule has 2 aromatic rings. The normalized spacial score (nSPS) is 10.7. The van der Waals surface area contributed by atoms with E-state index < -0.39 is 0 Å². The van der Waals surface area contributed by atoms with E-state index in [4.69, 9.17) is 9.47 Å². The fourth-order valence-electron chi connectivity index (χ4n) is 2.37. The third-order valence-electron chi connectivity index (χ3n) is 3.71. The smallest absolute Gasteiger partial charge is 0.200 e. The number of hydrogen-bond acceptors (Lipinski definition) is 4. The molecule has 0 saturated heterocycles. The van der Waals surface area contributed by atoms with Crippen molar-refractivity contribution in [3.63, 3.8) is 0 Å². The maximum Gasteiger partial charge on any atom is 0.200 e. The summed E-state index contributed by atoms with van der Waals surface area (Å²) in [6.07, 6.45) is 0. The average Bonchev–Trinajstić information content (AvgIpc) is 2.66. The van der Waals surface area contributed by atoms with E-state index in [1.165, 1.54) is 20.3 Å². The van der Waals surface area contributed by atoms with Crippen LogP contribution in [0.5, 0.6) is 17.2 Å². The average molecular weight is 489 g/mol. The lowest BCUT2D eigenvalue weighted by Crippen LogP contribution is -2.37. The second-order valence-electron chi connectivity index (χ2n) is 5.49. The summed E-state index contributed by atoms with van der Waals surface area (Å²) in [5, 5.41) is 16.2. The van der Waals surface area contributed by atoms with Crippen LogP contribution in [0.25, 0.3) is 0 Å². The van der Waals surface area contributed by atoms with E-state index in [0.29, 0.717) is 42.7 Å². The summed E-state index contributed by atoms with van der Waals surface area (Å²) in [5.74, 6) is 0.885. The number of phenolic OH excluding ortho intramolecular Hbond substituents is 1. The van der Waals surface area contributed by atoms with Gasteiger partial charge in [0.05, 0.1) is 20.8 Å². The van der Waals surface area contributed by atoms with Crippen molar-refractivity contribution < 1.29 is 19.0 Å². The number of nitrogens with one attached hydrogen (secondary N) is 2. The number of halogens is 2. The van der Waals surface area contributed by atoms with Crippen LogP contribution in [0.1, 0.15) is 18.1 Å². The topological polar surface area (TPSA) is 75.1 Å². The molecular formula is C19H25FIN3O3. The highest BCUT2D eigenvalue weighted by atomic mass is 127. The molecule has 8 heteroatoms. The van der Waals surface area contributed by atoms with E-state index in [2.05, 4.69) is 15.6 Å². The van der Waals surface area contributed by atoms with Crippen molar-refractivity contribution in [1.82, 2.24) is 10.6 Å². The second kappa shape index (κ2) is 11.5. The van der Waals surface area contributed by atoms with Crippen molar-refractivity contribution in [3.8, 4) is 17.2 Å². The van der Waals surface area contributed by atoms with Crippen molar-refractivity contribution in [2.45, 2.75) is 20.0 Å². The van der Waals surface area contributed by atoms with Gasteiger partial charge in [0.25, 0.3) is 0 Å². The molecule has 0 radical (unpaired) electrons. The third-order valence-corrected chi connectivity index (χ3v) is 3.71. The fraction of sp³-hybridized carbons (Fsp3) is 0.316. The number of ether oxygens (including phenoxy) is 2. The molecule has 2 rings (SSSR count). The SMILES string of the molecule is CCNC(=NCc1cc(OC)c(O)c(OC)c1)NCc1ccccc1F.I. The molecule has 27 heavy (non-hydrogen) atoms. The Morgan fingerprint density at radius 2 is 1.74 bits per heavy atom. The van der Waals surface area contributed by atoms with Crippen molar-refractivity contribution in [2.24, 2.45) is 4.99 Å². The Kier molecular flexibility index (Phi) is 9.70. The first kappa shape index (κ1) is 22.8. The Balaban J connectivity index is 0.00000364. The number of phenols is 1. The van der Waals surface area contributed by atoms with Crippen LogP contribution in [0.3, 0.4) is 0 Å². The molecule has 0 spiro atoms. The minimum atomic E-state index is -0.260. The van der Waals surface area contributed by atoms with E-state index in [0.717, 1.165) is 5.56 Å². The Hall–Kier alpha value is -2.23. The predicted octanol–water partition coefficient (Wildman–Crippen LogP) is 3.42. The van der Waals surface area contributed by atoms with Crippen LogP contribution in [0.15, 0.2) is 41.4 Å². The molecule has 0 fully saturated rings. The molecular weight excluding hydrogens is 464 g/mol. The maximum absolute atomic E-state index is 13.7. The summed E-state index contributed by atoms with van der Waals surface area (Å²) in [4.78, 5) is 4.49. The van der Waals surface area contributed by atoms with Gasteiger partial charge in [0.1, 0.15) is 5.82 Å². The number of aliphatic imine (C=N–C) groups is 1. The molecule has 0 aromatic heterocycles. The number of methoxy groups -OCH3 is 2. The minimum absolute atomic E-state index is 0. The summed E-state index contributed by atoms with van der Waals surface area (Å²) in [6.45, 7) is 3.28. The van der Waals surface area contributed by atoms with Crippen molar-refractivity contribution >= 4 is 29.9 Å². The highest BCUT2D eigenvalue weighted by molar-refractivity contribution is 14.0. The van der Waals surface area contributed by atoms with Crippen LogP contribution >= 0.6 is 24.0 Å². The lowest BCUT2D eigenvalue weighted by Gasteiger charge is -2.13. The minimum Gasteiger partial charge on any atom is -0.502 e. The number of aromatic hydroxyl groups is 1. The van der Waals surface area contributed by atoms with Gasteiger partial charge in [-0.05, 0) is 30.7 Å². The van der Waals surface area contributed by atoms with Gasteiger partial charge in [-0.2, -0.15) is 0 Å². The maximum atomic E-state index is 13.7. The third kappa shape index (κ3) is 6.46. The zero-order chi connectivity index (χ0) is 18.9. The quantitative estimate of drug-likeness (QED) is 0.316. The zero-order valence-electron chi connectivity index (χ0n) is 15.6. The lowest BCUT2D eigenvalue weighted by molar-refractivity contribution is 0.339. The molecule has 0 aliphatic heterocycles. The number of hydrogen-bond donors (Lipinski definition) is 3. The Bertz CT molecular complexity index is 747. The van der Waals surface area contributed by atoms with Crippen molar-refractivity contribution in [2.75, 3.05) is 20.8 Å². The molecule has 0 unspecified atom stereocenters. The lowest BCUT2D eigenvalue weighted by atomic mass is 10.2. The van der Waals surface area contributed by atoms with Gasteiger partial charge in [-0.15, -0.1) is 24.0 Å². The number of guanidine groups is 1. The van der Waals surface area contributed by atoms with Gasteiger partial charge in [-0.1, -0.05) is 18.2 Å². The van der Waals surface area contributed by atoms with Crippen LogP contribution in [0, 0.1) is 5.82 Å². The number of nitrogens with zero attached hydrogens (tertiary/aromatic N) is 1. The standard InChI is InChI=1S/C19H24FN3O3.HI/c1-4-21-19(23-12-14-7-5-6-8-15(14)20)22-11-13-9-16(25-2)18(24)17(10-13)26-3;/h5-10,24H,4,11-12H2,1-3H3,(H2,21,22,23);1H. The van der Waals surface area contributed by atoms with Gasteiger partial charge in [0.15, 0.2) is 17.5 Å². The molecule has 0 aliphatic carbocycles. The van der Waals surface area contributed by atoms with E-state index in [9.17, 15) is 9.50 Å². The first-order valence-electron chi connectivity index (χ1n) is 8.28. The van der Waals surface area contributed by atoms with E-state index >= 15 is 0 Å². The molecule has 0 aliphatic rings. The molecule has 6 nitrogen and oxygen atoms in total. The van der Waals surface area contributed by atoms with Gasteiger partial charge in [-0.25, -0.2) is 9.38 Å². The van der Waals surface area contributed by atoms with E-state index in [1.807, 2.05) is 6.92 Å². The Labute approximate surface area is 175 Å². The van der Waals surface area contributed by atoms with Crippen molar-refractivity contribution in [3.05, 3.63) is 53.3 Å². The molecule has 0 amide bonds. The van der Waals surface area contributed by atoms with Crippen LogP contribution in [-0.2, 0) is 13.1 Å². The number of benzene rings is 2. The van der Waals surface area contributed by atoms with Gasteiger partial charge >= 0.3 is 0 Å². The van der Waals surface area contributed by atoms with Gasteiger partial charge in [-0.3, -0.25) is 0 Å². The van der Waals surface area contributed by atoms with Crippen LogP contribution < -0.4 is 20.1 Å². The van der Waals surface area contributed by atoms with Crippen molar-refractivity contribution in [1.29, 1.82) is 0 Å². The van der Waals surface area contributed by atoms with Crippen LogP contribution in [0.2, 0.25) is 0 Å². The van der Waals surface area contributed by atoms with Crippen LogP contribution in [-0.4, -0.2) is 31.8 Å². The summed E-state index contributed by atoms with van der Waals surface area (Å²) in [7, 11) is 2.95. The largest absolute Gasteiger partial charge is 0.502 e. The predicted molar refractivity (Wildman–Crippen MR) is 115 cm³/mol. The molecule has 0 atom stereocenters. The molecule has 148 valence electrons. The van der Waals surface area contributed by atoms with E-state index in [1.54, 1.807) is 30.3 Å². The Morgan fingerprint density at radius 1 is 1.11 bits per heavy atom. The molecule has 3 N–H and O–H groups in total. The summed E-state index contributed by atoms with van der Waals surface area (Å²) in [6, 6.07) is 9.99. The van der Waals surface area contributed by atoms with Gasteiger partial charge < -0.3 is 25.2 Å². The second-order valence-corrected chi connectivity index (χ2v) is 5.49. The first-order valence-corrected chi connectivity index (χ1v) is 8.28. The van der Waals surface area contributed by atoms with Gasteiger partial charge in [0.2, 0.25) is 5.75 Å². The number of rotatable bonds is 7. The molecule has 0 bridgehead atoms. The van der Waals surface area contributed by atoms with Gasteiger partial charge in [0, 0.05) is 18.7 Å². The Morgan fingerprint density at radius 3 is 2.30 bits per heavy atom. The highest BCUT2D eigenvalue weighted by Gasteiger charge is 2.11. The molecule has 2 aromatic carbocycles. The summed E-state index contributed by atoms with van der Waals surface area (Å²) < 4.78 is 24.0.